The lowest BCUT2D eigenvalue weighted by Crippen LogP contribution is -2.24. The van der Waals surface area contributed by atoms with E-state index in [9.17, 15) is 14.0 Å². The van der Waals surface area contributed by atoms with E-state index in [1.807, 2.05) is 0 Å². The molecule has 0 aliphatic carbocycles. The van der Waals surface area contributed by atoms with Crippen molar-refractivity contribution in [2.24, 2.45) is 5.10 Å². The van der Waals surface area contributed by atoms with Crippen LogP contribution in [0.5, 0.6) is 11.5 Å². The van der Waals surface area contributed by atoms with E-state index in [2.05, 4.69) is 10.5 Å². The molecule has 0 unspecified atom stereocenters. The Kier molecular flexibility index (Phi) is 7.13. The van der Waals surface area contributed by atoms with Gasteiger partial charge in [-0.2, -0.15) is 5.10 Å². The lowest BCUT2D eigenvalue weighted by Gasteiger charge is -2.06. The molecule has 30 heavy (non-hydrogen) atoms. The van der Waals surface area contributed by atoms with Crippen LogP contribution in [0.25, 0.3) is 0 Å². The molecule has 0 aromatic heterocycles. The molecule has 3 aromatic carbocycles. The van der Waals surface area contributed by atoms with Gasteiger partial charge in [-0.05, 0) is 60.2 Å². The number of esters is 1. The number of nitrogens with zero attached hydrogens (tertiary/aromatic N) is 1. The molecule has 3 aromatic rings. The number of hydrogen-bond acceptors (Lipinski definition) is 5. The van der Waals surface area contributed by atoms with Crippen molar-refractivity contribution >= 4 is 29.7 Å². The number of nitrogens with one attached hydrogen (secondary N) is 1. The number of halogens is 2. The maximum Gasteiger partial charge on any atom is 0.343 e. The summed E-state index contributed by atoms with van der Waals surface area (Å²) >= 11 is 5.94. The van der Waals surface area contributed by atoms with E-state index in [4.69, 9.17) is 21.1 Å². The van der Waals surface area contributed by atoms with Crippen LogP contribution in [0.3, 0.4) is 0 Å². The van der Waals surface area contributed by atoms with Gasteiger partial charge in [0.25, 0.3) is 5.91 Å². The Morgan fingerprint density at radius 1 is 1.03 bits per heavy atom. The van der Waals surface area contributed by atoms with Crippen molar-refractivity contribution in [2.45, 2.75) is 0 Å². The maximum atomic E-state index is 13.2. The van der Waals surface area contributed by atoms with Crippen molar-refractivity contribution in [3.63, 3.8) is 0 Å². The summed E-state index contributed by atoms with van der Waals surface area (Å²) in [5, 5.41) is 4.25. The number of amides is 1. The van der Waals surface area contributed by atoms with Gasteiger partial charge in [0.15, 0.2) is 6.61 Å². The average Bonchev–Trinajstić information content (AvgIpc) is 2.74. The van der Waals surface area contributed by atoms with Crippen molar-refractivity contribution < 1.29 is 23.5 Å². The Balaban J connectivity index is 1.48. The molecule has 0 radical (unpaired) electrons. The number of para-hydroxylation sites is 1. The first kappa shape index (κ1) is 21.0. The second-order valence-electron chi connectivity index (χ2n) is 5.98. The molecule has 0 bridgehead atoms. The highest BCUT2D eigenvalue weighted by molar-refractivity contribution is 6.32. The SMILES string of the molecule is O=C(COc1ccccc1Cl)N/N=C/c1ccc(OC(=O)c2cccc(F)c2)cc1. The lowest BCUT2D eigenvalue weighted by molar-refractivity contribution is -0.123. The molecule has 1 N–H and O–H groups in total. The molecule has 0 spiro atoms. The molecule has 0 saturated heterocycles. The molecular weight excluding hydrogens is 411 g/mol. The number of rotatable bonds is 7. The Morgan fingerprint density at radius 2 is 1.80 bits per heavy atom. The third-order valence-electron chi connectivity index (χ3n) is 3.75. The van der Waals surface area contributed by atoms with Crippen LogP contribution in [0.15, 0.2) is 77.9 Å². The van der Waals surface area contributed by atoms with Gasteiger partial charge >= 0.3 is 5.97 Å². The number of benzene rings is 3. The summed E-state index contributed by atoms with van der Waals surface area (Å²) in [7, 11) is 0. The van der Waals surface area contributed by atoms with Gasteiger partial charge in [-0.3, -0.25) is 4.79 Å². The normalized spacial score (nSPS) is 10.6. The monoisotopic (exact) mass is 426 g/mol. The number of ether oxygens (including phenoxy) is 2. The Hall–Kier alpha value is -3.71. The highest BCUT2D eigenvalue weighted by Crippen LogP contribution is 2.22. The summed E-state index contributed by atoms with van der Waals surface area (Å²) in [6.45, 7) is -0.240. The summed E-state index contributed by atoms with van der Waals surface area (Å²) in [4.78, 5) is 23.8. The minimum atomic E-state index is -0.665. The third kappa shape index (κ3) is 6.15. The zero-order valence-electron chi connectivity index (χ0n) is 15.5. The molecule has 0 saturated carbocycles. The van der Waals surface area contributed by atoms with Crippen LogP contribution in [0.4, 0.5) is 4.39 Å². The second kappa shape index (κ2) is 10.2. The summed E-state index contributed by atoms with van der Waals surface area (Å²) in [5.41, 5.74) is 3.11. The minimum absolute atomic E-state index is 0.113. The zero-order chi connectivity index (χ0) is 21.3. The number of carbonyl (C=O) groups excluding carboxylic acids is 2. The molecule has 8 heteroatoms. The van der Waals surface area contributed by atoms with E-state index in [0.717, 1.165) is 6.07 Å². The fourth-order valence-corrected chi connectivity index (χ4v) is 2.51. The topological polar surface area (TPSA) is 77.0 Å². The van der Waals surface area contributed by atoms with Gasteiger partial charge in [0.2, 0.25) is 0 Å². The van der Waals surface area contributed by atoms with Crippen LogP contribution in [0, 0.1) is 5.82 Å². The molecule has 0 heterocycles. The van der Waals surface area contributed by atoms with E-state index in [1.165, 1.54) is 24.4 Å². The summed E-state index contributed by atoms with van der Waals surface area (Å²) < 4.78 is 23.7. The molecule has 152 valence electrons. The standard InChI is InChI=1S/C22H16ClFN2O4/c23-19-6-1-2-7-20(19)29-14-21(27)26-25-13-15-8-10-18(11-9-15)30-22(28)16-4-3-5-17(24)12-16/h1-13H,14H2,(H,26,27)/b25-13+. The highest BCUT2D eigenvalue weighted by atomic mass is 35.5. The minimum Gasteiger partial charge on any atom is -0.482 e. The van der Waals surface area contributed by atoms with Crippen LogP contribution in [-0.4, -0.2) is 24.7 Å². The van der Waals surface area contributed by atoms with Gasteiger partial charge in [-0.15, -0.1) is 0 Å². The van der Waals surface area contributed by atoms with Crippen molar-refractivity contribution in [1.29, 1.82) is 0 Å². The van der Waals surface area contributed by atoms with Gasteiger partial charge in [-0.1, -0.05) is 29.8 Å². The van der Waals surface area contributed by atoms with Gasteiger partial charge < -0.3 is 9.47 Å². The van der Waals surface area contributed by atoms with E-state index >= 15 is 0 Å². The molecule has 0 atom stereocenters. The largest absolute Gasteiger partial charge is 0.482 e. The smallest absolute Gasteiger partial charge is 0.343 e. The summed E-state index contributed by atoms with van der Waals surface area (Å²) in [6, 6.07) is 18.4. The van der Waals surface area contributed by atoms with E-state index in [1.54, 1.807) is 48.5 Å². The van der Waals surface area contributed by atoms with Gasteiger partial charge in [0.1, 0.15) is 17.3 Å². The Bertz CT molecular complexity index is 1070. The number of carbonyl (C=O) groups is 2. The zero-order valence-corrected chi connectivity index (χ0v) is 16.3. The highest BCUT2D eigenvalue weighted by Gasteiger charge is 2.09. The molecule has 0 aliphatic heterocycles. The number of hydrazone groups is 1. The van der Waals surface area contributed by atoms with Crippen molar-refractivity contribution in [3.05, 3.63) is 94.8 Å². The Morgan fingerprint density at radius 3 is 2.53 bits per heavy atom. The maximum absolute atomic E-state index is 13.2. The van der Waals surface area contributed by atoms with Crippen LogP contribution < -0.4 is 14.9 Å². The van der Waals surface area contributed by atoms with Crippen LogP contribution in [0.2, 0.25) is 5.02 Å². The molecule has 3 rings (SSSR count). The second-order valence-corrected chi connectivity index (χ2v) is 6.39. The van der Waals surface area contributed by atoms with E-state index in [0.29, 0.717) is 22.1 Å². The van der Waals surface area contributed by atoms with Gasteiger partial charge in [-0.25, -0.2) is 14.6 Å². The first-order valence-electron chi connectivity index (χ1n) is 8.78. The Labute approximate surface area is 176 Å². The predicted molar refractivity (Wildman–Crippen MR) is 110 cm³/mol. The number of hydrogen-bond donors (Lipinski definition) is 1. The van der Waals surface area contributed by atoms with Gasteiger partial charge in [0, 0.05) is 0 Å². The van der Waals surface area contributed by atoms with Gasteiger partial charge in [0.05, 0.1) is 16.8 Å². The quantitative estimate of drug-likeness (QED) is 0.265. The first-order valence-corrected chi connectivity index (χ1v) is 9.16. The fourth-order valence-electron chi connectivity index (χ4n) is 2.32. The average molecular weight is 427 g/mol. The van der Waals surface area contributed by atoms with Crippen molar-refractivity contribution in [1.82, 2.24) is 5.43 Å². The summed E-state index contributed by atoms with van der Waals surface area (Å²) in [6.07, 6.45) is 1.42. The van der Waals surface area contributed by atoms with Crippen molar-refractivity contribution in [3.8, 4) is 11.5 Å². The third-order valence-corrected chi connectivity index (χ3v) is 4.06. The van der Waals surface area contributed by atoms with Crippen molar-refractivity contribution in [2.75, 3.05) is 6.61 Å². The van der Waals surface area contributed by atoms with Crippen LogP contribution >= 0.6 is 11.6 Å². The molecule has 0 aliphatic rings. The first-order chi connectivity index (χ1) is 14.5. The lowest BCUT2D eigenvalue weighted by atomic mass is 10.2. The molecular formula is C22H16ClFN2O4. The van der Waals surface area contributed by atoms with E-state index in [-0.39, 0.29) is 12.2 Å². The molecule has 1 amide bonds. The molecule has 0 fully saturated rings. The predicted octanol–water partition coefficient (Wildman–Crippen LogP) is 4.23. The molecule has 6 nitrogen and oxygen atoms in total. The van der Waals surface area contributed by atoms with E-state index < -0.39 is 17.7 Å². The van der Waals surface area contributed by atoms with Crippen LogP contribution in [0.1, 0.15) is 15.9 Å². The summed E-state index contributed by atoms with van der Waals surface area (Å²) in [5.74, 6) is -0.941. The van der Waals surface area contributed by atoms with Crippen LogP contribution in [-0.2, 0) is 4.79 Å². The fraction of sp³-hybridized carbons (Fsp3) is 0.0455.